The van der Waals surface area contributed by atoms with Crippen molar-refractivity contribution >= 4 is 18.9 Å². The summed E-state index contributed by atoms with van der Waals surface area (Å²) in [5, 5.41) is 8.37. The van der Waals surface area contributed by atoms with Gasteiger partial charge in [0.1, 0.15) is 0 Å². The Kier molecular flexibility index (Phi) is 6.39. The van der Waals surface area contributed by atoms with Gasteiger partial charge in [0.2, 0.25) is 0 Å². The van der Waals surface area contributed by atoms with Crippen molar-refractivity contribution in [3.8, 4) is 6.07 Å². The van der Waals surface area contributed by atoms with Crippen LogP contribution >= 0.6 is 11.1 Å². The standard InChI is InChI=1S/C7H14ClNO2Si/c1-3-10-12(8,11-4-2)7-5-6-9/h3-5,7H2,1-2H3. The zero-order valence-corrected chi connectivity index (χ0v) is 9.23. The number of hydrogen-bond donors (Lipinski definition) is 0. The highest BCUT2D eigenvalue weighted by Crippen LogP contribution is 2.20. The Hall–Kier alpha value is -0.0831. The van der Waals surface area contributed by atoms with E-state index in [1.165, 1.54) is 0 Å². The molecule has 0 N–H and O–H groups in total. The average Bonchev–Trinajstić information content (AvgIpc) is 2.02. The van der Waals surface area contributed by atoms with Gasteiger partial charge in [0.25, 0.3) is 0 Å². The van der Waals surface area contributed by atoms with Crippen LogP contribution in [0.25, 0.3) is 0 Å². The maximum atomic E-state index is 8.37. The van der Waals surface area contributed by atoms with E-state index in [2.05, 4.69) is 0 Å². The van der Waals surface area contributed by atoms with Gasteiger partial charge in [0.05, 0.1) is 6.07 Å². The fourth-order valence-electron chi connectivity index (χ4n) is 0.822. The van der Waals surface area contributed by atoms with Crippen LogP contribution in [0.2, 0.25) is 6.04 Å². The van der Waals surface area contributed by atoms with Gasteiger partial charge in [-0.15, -0.1) is 0 Å². The van der Waals surface area contributed by atoms with Gasteiger partial charge in [-0.3, -0.25) is 0 Å². The van der Waals surface area contributed by atoms with Crippen LogP contribution in [-0.4, -0.2) is 21.1 Å². The summed E-state index contributed by atoms with van der Waals surface area (Å²) in [6.45, 7) is 4.83. The first-order chi connectivity index (χ1) is 5.68. The predicted molar refractivity (Wildman–Crippen MR) is 49.9 cm³/mol. The van der Waals surface area contributed by atoms with E-state index < -0.39 is 7.87 Å². The van der Waals surface area contributed by atoms with Gasteiger partial charge < -0.3 is 8.85 Å². The molecule has 0 aromatic rings. The highest BCUT2D eigenvalue weighted by atomic mass is 35.6. The molecule has 0 radical (unpaired) electrons. The molecule has 0 aromatic carbocycles. The SMILES string of the molecule is CCO[Si](Cl)(CCC#N)OCC. The zero-order valence-electron chi connectivity index (χ0n) is 7.47. The number of hydrogen-bond acceptors (Lipinski definition) is 3. The van der Waals surface area contributed by atoms with Crippen LogP contribution in [0.1, 0.15) is 20.3 Å². The number of nitriles is 1. The van der Waals surface area contributed by atoms with E-state index in [1.807, 2.05) is 19.9 Å². The summed E-state index contributed by atoms with van der Waals surface area (Å²) in [5.74, 6) is 0. The fourth-order valence-corrected chi connectivity index (χ4v) is 3.41. The molecule has 0 amide bonds. The van der Waals surface area contributed by atoms with Gasteiger partial charge in [-0.2, -0.15) is 5.26 Å². The summed E-state index contributed by atoms with van der Waals surface area (Å²) in [6, 6.07) is 2.56. The van der Waals surface area contributed by atoms with Crippen LogP contribution in [0.5, 0.6) is 0 Å². The fraction of sp³-hybridized carbons (Fsp3) is 0.857. The quantitative estimate of drug-likeness (QED) is 0.495. The van der Waals surface area contributed by atoms with Crippen molar-refractivity contribution in [3.05, 3.63) is 0 Å². The molecule has 3 nitrogen and oxygen atoms in total. The molecule has 0 spiro atoms. The third-order valence-electron chi connectivity index (χ3n) is 1.26. The molecule has 0 aromatic heterocycles. The van der Waals surface area contributed by atoms with Gasteiger partial charge >= 0.3 is 7.87 Å². The van der Waals surface area contributed by atoms with Gasteiger partial charge in [0, 0.05) is 25.7 Å². The molecule has 0 saturated heterocycles. The molecule has 0 rings (SSSR count). The van der Waals surface area contributed by atoms with Gasteiger partial charge in [-0.05, 0) is 13.8 Å². The third kappa shape index (κ3) is 4.73. The highest BCUT2D eigenvalue weighted by molar-refractivity contribution is 7.13. The second kappa shape index (κ2) is 6.43. The molecule has 0 aliphatic heterocycles. The lowest BCUT2D eigenvalue weighted by Gasteiger charge is -2.21. The zero-order chi connectivity index (χ0) is 9.45. The van der Waals surface area contributed by atoms with E-state index in [1.54, 1.807) is 0 Å². The molecule has 0 fully saturated rings. The summed E-state index contributed by atoms with van der Waals surface area (Å²) in [7, 11) is -2.52. The van der Waals surface area contributed by atoms with E-state index >= 15 is 0 Å². The van der Waals surface area contributed by atoms with Crippen molar-refractivity contribution in [1.29, 1.82) is 5.26 Å². The van der Waals surface area contributed by atoms with Crippen LogP contribution in [0.4, 0.5) is 0 Å². The van der Waals surface area contributed by atoms with Gasteiger partial charge in [0.15, 0.2) is 0 Å². The molecule has 5 heteroatoms. The lowest BCUT2D eigenvalue weighted by atomic mass is 10.6. The Balaban J connectivity index is 3.90. The number of rotatable bonds is 6. The monoisotopic (exact) mass is 207 g/mol. The van der Waals surface area contributed by atoms with E-state index in [9.17, 15) is 0 Å². The average molecular weight is 208 g/mol. The molecule has 0 heterocycles. The van der Waals surface area contributed by atoms with Crippen molar-refractivity contribution < 1.29 is 8.85 Å². The minimum atomic E-state index is -2.52. The normalized spacial score (nSPS) is 11.2. The second-order valence-corrected chi connectivity index (χ2v) is 6.31. The lowest BCUT2D eigenvalue weighted by molar-refractivity contribution is 0.203. The predicted octanol–water partition coefficient (Wildman–Crippen LogP) is 2.15. The third-order valence-corrected chi connectivity index (χ3v) is 4.76. The van der Waals surface area contributed by atoms with Crippen LogP contribution in [0.15, 0.2) is 0 Å². The summed E-state index contributed by atoms with van der Waals surface area (Å²) in [6.07, 6.45) is 0.399. The smallest absolute Gasteiger partial charge is 0.383 e. The lowest BCUT2D eigenvalue weighted by Crippen LogP contribution is -2.35. The van der Waals surface area contributed by atoms with Crippen molar-refractivity contribution in [2.75, 3.05) is 13.2 Å². The van der Waals surface area contributed by atoms with Crippen LogP contribution in [0, 0.1) is 11.3 Å². The van der Waals surface area contributed by atoms with Gasteiger partial charge in [-0.1, -0.05) is 11.1 Å². The first-order valence-electron chi connectivity index (χ1n) is 4.02. The summed E-state index contributed by atoms with van der Waals surface area (Å²) in [4.78, 5) is 0. The van der Waals surface area contributed by atoms with Gasteiger partial charge in [-0.25, -0.2) is 0 Å². The van der Waals surface area contributed by atoms with E-state index in [0.29, 0.717) is 25.7 Å². The topological polar surface area (TPSA) is 42.2 Å². The first kappa shape index (κ1) is 11.9. The Morgan fingerprint density at radius 1 is 1.33 bits per heavy atom. The molecule has 0 atom stereocenters. The molecule has 0 aliphatic carbocycles. The molecule has 0 unspecified atom stereocenters. The summed E-state index contributed by atoms with van der Waals surface area (Å²) < 4.78 is 10.6. The van der Waals surface area contributed by atoms with E-state index in [0.717, 1.165) is 0 Å². The number of nitrogens with zero attached hydrogens (tertiary/aromatic N) is 1. The Labute approximate surface area is 79.2 Å². The first-order valence-corrected chi connectivity index (χ1v) is 7.05. The largest absolute Gasteiger partial charge is 0.444 e. The Morgan fingerprint density at radius 3 is 2.17 bits per heavy atom. The van der Waals surface area contributed by atoms with Crippen molar-refractivity contribution in [2.45, 2.75) is 26.3 Å². The van der Waals surface area contributed by atoms with Crippen molar-refractivity contribution in [3.63, 3.8) is 0 Å². The maximum absolute atomic E-state index is 8.37. The van der Waals surface area contributed by atoms with E-state index in [-0.39, 0.29) is 0 Å². The maximum Gasteiger partial charge on any atom is 0.444 e. The molecular weight excluding hydrogens is 194 g/mol. The Morgan fingerprint density at radius 2 is 1.83 bits per heavy atom. The molecular formula is C7H14ClNO2Si. The summed E-state index contributed by atoms with van der Waals surface area (Å²) >= 11 is 6.06. The number of halogens is 1. The minimum absolute atomic E-state index is 0.399. The minimum Gasteiger partial charge on any atom is -0.383 e. The molecule has 70 valence electrons. The van der Waals surface area contributed by atoms with Crippen LogP contribution in [0.3, 0.4) is 0 Å². The highest BCUT2D eigenvalue weighted by Gasteiger charge is 2.34. The Bertz CT molecular complexity index is 154. The molecule has 12 heavy (non-hydrogen) atoms. The van der Waals surface area contributed by atoms with E-state index in [4.69, 9.17) is 25.2 Å². The van der Waals surface area contributed by atoms with Crippen molar-refractivity contribution in [2.24, 2.45) is 0 Å². The van der Waals surface area contributed by atoms with Crippen LogP contribution < -0.4 is 0 Å². The molecule has 0 bridgehead atoms. The molecule has 0 aliphatic rings. The molecule has 0 saturated carbocycles. The van der Waals surface area contributed by atoms with Crippen LogP contribution in [-0.2, 0) is 8.85 Å². The van der Waals surface area contributed by atoms with Crippen molar-refractivity contribution in [1.82, 2.24) is 0 Å². The summed E-state index contributed by atoms with van der Waals surface area (Å²) in [5.41, 5.74) is 0. The second-order valence-electron chi connectivity index (χ2n) is 2.18.